The molecule has 0 radical (unpaired) electrons. The van der Waals surface area contributed by atoms with Crippen LogP contribution in [-0.4, -0.2) is 61.4 Å². The monoisotopic (exact) mass is 275 g/mol. The van der Waals surface area contributed by atoms with E-state index in [1.165, 1.54) is 0 Å². The minimum Gasteiger partial charge on any atom is -0.480 e. The van der Waals surface area contributed by atoms with Crippen molar-refractivity contribution < 1.29 is 14.6 Å². The Morgan fingerprint density at radius 1 is 1.32 bits per heavy atom. The molecule has 6 heteroatoms. The molecule has 0 bridgehead atoms. The fraction of sp³-hybridized carbons (Fsp3) is 0.923. The third kappa shape index (κ3) is 9.84. The number of carboxylic acids is 1. The number of unbranched alkanes of at least 4 members (excludes halogenated alkanes) is 2. The van der Waals surface area contributed by atoms with Crippen molar-refractivity contribution >= 4 is 5.97 Å². The summed E-state index contributed by atoms with van der Waals surface area (Å²) in [5.74, 6) is -0.942. The molecule has 0 heterocycles. The molecule has 5 N–H and O–H groups in total. The lowest BCUT2D eigenvalue weighted by atomic mass is 10.2. The third-order valence-corrected chi connectivity index (χ3v) is 3.17. The van der Waals surface area contributed by atoms with Gasteiger partial charge in [-0.15, -0.1) is 0 Å². The first-order valence-corrected chi connectivity index (χ1v) is 6.94. The SMILES string of the molecule is CO[C@H](C)CN(CCCCCN)CC[C@H](N)C(=O)O. The fourth-order valence-corrected chi connectivity index (χ4v) is 1.83. The molecular formula is C13H29N3O3. The first kappa shape index (κ1) is 18.3. The summed E-state index contributed by atoms with van der Waals surface area (Å²) in [5.41, 5.74) is 11.0. The lowest BCUT2D eigenvalue weighted by Crippen LogP contribution is -2.38. The van der Waals surface area contributed by atoms with Gasteiger partial charge in [0.15, 0.2) is 0 Å². The van der Waals surface area contributed by atoms with Gasteiger partial charge in [-0.05, 0) is 39.3 Å². The van der Waals surface area contributed by atoms with Gasteiger partial charge in [-0.2, -0.15) is 0 Å². The molecule has 0 aliphatic rings. The molecule has 114 valence electrons. The van der Waals surface area contributed by atoms with Crippen LogP contribution in [0.2, 0.25) is 0 Å². The first-order valence-electron chi connectivity index (χ1n) is 6.94. The Morgan fingerprint density at radius 2 is 2.00 bits per heavy atom. The summed E-state index contributed by atoms with van der Waals surface area (Å²) in [6.45, 7) is 5.14. The standard InChI is InChI=1S/C13H29N3O3/c1-11(19-2)10-16(8-5-3-4-7-14)9-6-12(15)13(17)18/h11-12H,3-10,14-15H2,1-2H3,(H,17,18)/t11-,12+/m1/s1. The molecule has 0 aliphatic carbocycles. The zero-order chi connectivity index (χ0) is 14.7. The van der Waals surface area contributed by atoms with Crippen molar-refractivity contribution in [2.45, 2.75) is 44.8 Å². The van der Waals surface area contributed by atoms with Crippen LogP contribution in [0.1, 0.15) is 32.6 Å². The van der Waals surface area contributed by atoms with Crippen LogP contribution in [0.4, 0.5) is 0 Å². The molecule has 2 atom stereocenters. The van der Waals surface area contributed by atoms with E-state index in [0.29, 0.717) is 13.0 Å². The van der Waals surface area contributed by atoms with E-state index in [-0.39, 0.29) is 6.10 Å². The van der Waals surface area contributed by atoms with Crippen molar-refractivity contribution in [1.29, 1.82) is 0 Å². The molecule has 0 spiro atoms. The minimum absolute atomic E-state index is 0.135. The van der Waals surface area contributed by atoms with Crippen LogP contribution >= 0.6 is 0 Å². The highest BCUT2D eigenvalue weighted by Crippen LogP contribution is 2.03. The minimum atomic E-state index is -0.942. The average molecular weight is 275 g/mol. The number of rotatable bonds is 12. The van der Waals surface area contributed by atoms with Gasteiger partial charge >= 0.3 is 5.97 Å². The van der Waals surface area contributed by atoms with E-state index in [1.54, 1.807) is 7.11 Å². The maximum atomic E-state index is 10.7. The largest absolute Gasteiger partial charge is 0.480 e. The van der Waals surface area contributed by atoms with Crippen LogP contribution in [-0.2, 0) is 9.53 Å². The number of carbonyl (C=O) groups is 1. The lowest BCUT2D eigenvalue weighted by molar-refractivity contribution is -0.138. The molecule has 6 nitrogen and oxygen atoms in total. The van der Waals surface area contributed by atoms with Crippen molar-refractivity contribution in [2.24, 2.45) is 11.5 Å². The van der Waals surface area contributed by atoms with Gasteiger partial charge in [0.25, 0.3) is 0 Å². The quantitative estimate of drug-likeness (QED) is 0.441. The first-order chi connectivity index (χ1) is 9.01. The summed E-state index contributed by atoms with van der Waals surface area (Å²) < 4.78 is 5.25. The van der Waals surface area contributed by atoms with Gasteiger partial charge in [-0.3, -0.25) is 4.79 Å². The normalized spacial score (nSPS) is 14.6. The lowest BCUT2D eigenvalue weighted by Gasteiger charge is -2.25. The summed E-state index contributed by atoms with van der Waals surface area (Å²) in [7, 11) is 1.68. The predicted octanol–water partition coefficient (Wildman–Crippen LogP) is 0.254. The van der Waals surface area contributed by atoms with E-state index in [9.17, 15) is 4.79 Å². The Hall–Kier alpha value is -0.690. The van der Waals surface area contributed by atoms with Crippen LogP contribution in [0.5, 0.6) is 0 Å². The molecule has 0 aromatic rings. The van der Waals surface area contributed by atoms with Gasteiger partial charge in [0.05, 0.1) is 6.10 Å². The van der Waals surface area contributed by atoms with Crippen LogP contribution in [0, 0.1) is 0 Å². The zero-order valence-corrected chi connectivity index (χ0v) is 12.2. The molecule has 0 aromatic heterocycles. The summed E-state index contributed by atoms with van der Waals surface area (Å²) in [4.78, 5) is 12.9. The Kier molecular flexibility index (Phi) is 10.8. The Balaban J connectivity index is 4.05. The molecule has 0 saturated heterocycles. The number of hydrogen-bond acceptors (Lipinski definition) is 5. The summed E-state index contributed by atoms with van der Waals surface area (Å²) >= 11 is 0. The second kappa shape index (κ2) is 11.2. The van der Waals surface area contributed by atoms with E-state index in [2.05, 4.69) is 4.90 Å². The Morgan fingerprint density at radius 3 is 2.53 bits per heavy atom. The highest BCUT2D eigenvalue weighted by Gasteiger charge is 2.15. The van der Waals surface area contributed by atoms with Gasteiger partial charge < -0.3 is 26.2 Å². The van der Waals surface area contributed by atoms with Crippen LogP contribution in [0.3, 0.4) is 0 Å². The Labute approximate surface area is 116 Å². The number of carboxylic acid groups (broad SMARTS) is 1. The second-order valence-corrected chi connectivity index (χ2v) is 4.93. The van der Waals surface area contributed by atoms with Crippen molar-refractivity contribution in [3.63, 3.8) is 0 Å². The molecule has 0 rings (SSSR count). The van der Waals surface area contributed by atoms with Crippen LogP contribution in [0.25, 0.3) is 0 Å². The number of aliphatic carboxylic acids is 1. The maximum absolute atomic E-state index is 10.7. The van der Waals surface area contributed by atoms with E-state index in [4.69, 9.17) is 21.3 Å². The van der Waals surface area contributed by atoms with Gasteiger partial charge in [-0.25, -0.2) is 0 Å². The van der Waals surface area contributed by atoms with E-state index in [0.717, 1.165) is 38.9 Å². The van der Waals surface area contributed by atoms with Gasteiger partial charge in [-0.1, -0.05) is 6.42 Å². The molecule has 0 unspecified atom stereocenters. The number of ether oxygens (including phenoxy) is 1. The highest BCUT2D eigenvalue weighted by atomic mass is 16.5. The van der Waals surface area contributed by atoms with Crippen LogP contribution < -0.4 is 11.5 Å². The Bertz CT molecular complexity index is 239. The molecule has 0 aromatic carbocycles. The van der Waals surface area contributed by atoms with E-state index < -0.39 is 12.0 Å². The summed E-state index contributed by atoms with van der Waals surface area (Å²) in [5, 5.41) is 8.79. The van der Waals surface area contributed by atoms with Crippen molar-refractivity contribution in [3.05, 3.63) is 0 Å². The third-order valence-electron chi connectivity index (χ3n) is 3.17. The molecular weight excluding hydrogens is 246 g/mol. The number of nitrogens with two attached hydrogens (primary N) is 2. The fourth-order valence-electron chi connectivity index (χ4n) is 1.83. The average Bonchev–Trinajstić information content (AvgIpc) is 2.39. The second-order valence-electron chi connectivity index (χ2n) is 4.93. The maximum Gasteiger partial charge on any atom is 0.320 e. The number of nitrogens with zero attached hydrogens (tertiary/aromatic N) is 1. The molecule has 0 amide bonds. The predicted molar refractivity (Wildman–Crippen MR) is 76.0 cm³/mol. The number of methoxy groups -OCH3 is 1. The smallest absolute Gasteiger partial charge is 0.320 e. The topological polar surface area (TPSA) is 102 Å². The molecule has 0 aliphatic heterocycles. The molecule has 19 heavy (non-hydrogen) atoms. The van der Waals surface area contributed by atoms with Gasteiger partial charge in [0.1, 0.15) is 6.04 Å². The number of hydrogen-bond donors (Lipinski definition) is 3. The summed E-state index contributed by atoms with van der Waals surface area (Å²) in [6, 6.07) is -0.788. The van der Waals surface area contributed by atoms with Crippen molar-refractivity contribution in [2.75, 3.05) is 33.3 Å². The van der Waals surface area contributed by atoms with Crippen LogP contribution in [0.15, 0.2) is 0 Å². The van der Waals surface area contributed by atoms with E-state index >= 15 is 0 Å². The van der Waals surface area contributed by atoms with E-state index in [1.807, 2.05) is 6.92 Å². The van der Waals surface area contributed by atoms with Gasteiger partial charge in [0, 0.05) is 20.2 Å². The van der Waals surface area contributed by atoms with Crippen molar-refractivity contribution in [3.8, 4) is 0 Å². The molecule has 0 fully saturated rings. The van der Waals surface area contributed by atoms with Crippen molar-refractivity contribution in [1.82, 2.24) is 4.90 Å². The molecule has 0 saturated carbocycles. The van der Waals surface area contributed by atoms with Gasteiger partial charge in [0.2, 0.25) is 0 Å². The summed E-state index contributed by atoms with van der Waals surface area (Å²) in [6.07, 6.45) is 3.79. The zero-order valence-electron chi connectivity index (χ0n) is 12.2. The highest BCUT2D eigenvalue weighted by molar-refractivity contribution is 5.72.